The minimum absolute atomic E-state index is 0.122. The topological polar surface area (TPSA) is 89.0 Å². The zero-order valence-corrected chi connectivity index (χ0v) is 20.5. The molecule has 0 bridgehead atoms. The van der Waals surface area contributed by atoms with Crippen molar-refractivity contribution in [3.63, 3.8) is 0 Å². The van der Waals surface area contributed by atoms with Crippen LogP contribution in [-0.4, -0.2) is 28.0 Å². The predicted octanol–water partition coefficient (Wildman–Crippen LogP) is 6.69. The minimum Gasteiger partial charge on any atom is -0.494 e. The third-order valence-electron chi connectivity index (χ3n) is 5.45. The van der Waals surface area contributed by atoms with Crippen LogP contribution in [0.15, 0.2) is 78.4 Å². The number of carbonyl (C=O) groups excluding carboxylic acids is 1. The van der Waals surface area contributed by atoms with E-state index in [1.807, 2.05) is 0 Å². The van der Waals surface area contributed by atoms with Crippen molar-refractivity contribution in [3.05, 3.63) is 101 Å². The van der Waals surface area contributed by atoms with Crippen molar-refractivity contribution in [2.45, 2.75) is 0 Å². The molecule has 0 unspecified atom stereocenters. The number of methoxy groups -OCH3 is 1. The third-order valence-corrected chi connectivity index (χ3v) is 6.30. The van der Waals surface area contributed by atoms with Gasteiger partial charge in [0.25, 0.3) is 5.91 Å². The summed E-state index contributed by atoms with van der Waals surface area (Å²) in [5, 5.41) is 5.50. The van der Waals surface area contributed by atoms with Gasteiger partial charge in [-0.25, -0.2) is 28.1 Å². The first-order chi connectivity index (χ1) is 18.4. The van der Waals surface area contributed by atoms with E-state index in [9.17, 15) is 18.0 Å². The lowest BCUT2D eigenvalue weighted by atomic mass is 10.1. The Morgan fingerprint density at radius 2 is 1.68 bits per heavy atom. The van der Waals surface area contributed by atoms with E-state index in [-0.39, 0.29) is 11.7 Å². The molecule has 3 aromatic carbocycles. The molecule has 190 valence electrons. The lowest BCUT2D eigenvalue weighted by molar-refractivity contribution is 0.101. The summed E-state index contributed by atoms with van der Waals surface area (Å²) in [6.07, 6.45) is 1.56. The number of anilines is 3. The second-order valence-corrected chi connectivity index (χ2v) is 8.76. The number of aromatic nitrogens is 3. The van der Waals surface area contributed by atoms with Crippen LogP contribution < -0.4 is 15.4 Å². The van der Waals surface area contributed by atoms with Crippen molar-refractivity contribution in [2.24, 2.45) is 0 Å². The number of ether oxygens (including phenoxy) is 1. The summed E-state index contributed by atoms with van der Waals surface area (Å²) in [5.74, 6) is -2.96. The number of nitrogens with zero attached hydrogens (tertiary/aromatic N) is 3. The number of amides is 1. The van der Waals surface area contributed by atoms with E-state index in [0.717, 1.165) is 17.0 Å². The number of nitrogens with one attached hydrogen (secondary N) is 2. The molecule has 38 heavy (non-hydrogen) atoms. The number of halogens is 3. The van der Waals surface area contributed by atoms with Crippen LogP contribution in [-0.2, 0) is 0 Å². The molecule has 0 radical (unpaired) electrons. The highest BCUT2D eigenvalue weighted by Crippen LogP contribution is 2.35. The molecular weight excluding hydrogens is 515 g/mol. The standard InChI is InChI=1S/C27H18F3N5O2S/c1-37-22-9-8-17(13-20(22)30)34-27-31-11-10-21(35-27)25-24(32-14-38-25)15-4-2-5-16(12-15)33-26(36)23-18(28)6-3-7-19(23)29/h2-14H,1H3,(H,33,36)(H,31,34,35). The highest BCUT2D eigenvalue weighted by Gasteiger charge is 2.18. The van der Waals surface area contributed by atoms with Gasteiger partial charge in [0.1, 0.15) is 17.2 Å². The zero-order valence-electron chi connectivity index (χ0n) is 19.7. The number of carbonyl (C=O) groups is 1. The maximum atomic E-state index is 14.1. The summed E-state index contributed by atoms with van der Waals surface area (Å²) in [6.45, 7) is 0. The molecule has 0 atom stereocenters. The second-order valence-electron chi connectivity index (χ2n) is 7.90. The van der Waals surface area contributed by atoms with E-state index in [2.05, 4.69) is 25.6 Å². The number of hydrogen-bond donors (Lipinski definition) is 2. The van der Waals surface area contributed by atoms with Crippen LogP contribution in [0.1, 0.15) is 10.4 Å². The van der Waals surface area contributed by atoms with E-state index in [0.29, 0.717) is 28.3 Å². The summed E-state index contributed by atoms with van der Waals surface area (Å²) in [6, 6.07) is 16.1. The molecular formula is C27H18F3N5O2S. The maximum Gasteiger partial charge on any atom is 0.261 e. The van der Waals surface area contributed by atoms with Gasteiger partial charge >= 0.3 is 0 Å². The second kappa shape index (κ2) is 10.7. The molecule has 2 heterocycles. The third kappa shape index (κ3) is 5.18. The van der Waals surface area contributed by atoms with Crippen LogP contribution in [0, 0.1) is 17.5 Å². The molecule has 0 spiro atoms. The molecule has 0 aliphatic carbocycles. The average molecular weight is 534 g/mol. The molecule has 2 aromatic heterocycles. The number of benzene rings is 3. The summed E-state index contributed by atoms with van der Waals surface area (Å²) in [7, 11) is 1.39. The Morgan fingerprint density at radius 1 is 0.895 bits per heavy atom. The quantitative estimate of drug-likeness (QED) is 0.242. The Labute approximate surface area is 219 Å². The lowest BCUT2D eigenvalue weighted by Crippen LogP contribution is -2.15. The molecule has 7 nitrogen and oxygen atoms in total. The van der Waals surface area contributed by atoms with Crippen molar-refractivity contribution in [1.82, 2.24) is 15.0 Å². The van der Waals surface area contributed by atoms with Gasteiger partial charge in [0.05, 0.1) is 28.9 Å². The van der Waals surface area contributed by atoms with E-state index in [1.54, 1.807) is 48.1 Å². The smallest absolute Gasteiger partial charge is 0.261 e. The van der Waals surface area contributed by atoms with Gasteiger partial charge in [0.2, 0.25) is 5.95 Å². The van der Waals surface area contributed by atoms with Crippen molar-refractivity contribution >= 4 is 34.6 Å². The first-order valence-electron chi connectivity index (χ1n) is 11.2. The van der Waals surface area contributed by atoms with Crippen LogP contribution in [0.4, 0.5) is 30.5 Å². The predicted molar refractivity (Wildman–Crippen MR) is 139 cm³/mol. The van der Waals surface area contributed by atoms with Crippen LogP contribution in [0.2, 0.25) is 0 Å². The monoisotopic (exact) mass is 533 g/mol. The fourth-order valence-corrected chi connectivity index (χ4v) is 4.48. The van der Waals surface area contributed by atoms with Gasteiger partial charge < -0.3 is 15.4 Å². The van der Waals surface area contributed by atoms with Crippen LogP contribution in [0.5, 0.6) is 5.75 Å². The molecule has 0 saturated carbocycles. The normalized spacial score (nSPS) is 10.7. The Kier molecular flexibility index (Phi) is 7.00. The number of hydrogen-bond acceptors (Lipinski definition) is 7. The van der Waals surface area contributed by atoms with Crippen molar-refractivity contribution in [3.8, 4) is 27.6 Å². The van der Waals surface area contributed by atoms with Crippen molar-refractivity contribution < 1.29 is 22.7 Å². The van der Waals surface area contributed by atoms with E-state index < -0.39 is 28.9 Å². The fourth-order valence-electron chi connectivity index (χ4n) is 3.70. The highest BCUT2D eigenvalue weighted by molar-refractivity contribution is 7.13. The van der Waals surface area contributed by atoms with Crippen LogP contribution in [0.3, 0.4) is 0 Å². The zero-order chi connectivity index (χ0) is 26.6. The van der Waals surface area contributed by atoms with Crippen molar-refractivity contribution in [2.75, 3.05) is 17.7 Å². The molecule has 5 rings (SSSR count). The molecule has 0 aliphatic heterocycles. The largest absolute Gasteiger partial charge is 0.494 e. The van der Waals surface area contributed by atoms with E-state index >= 15 is 0 Å². The van der Waals surface area contributed by atoms with Gasteiger partial charge in [0.15, 0.2) is 11.6 Å². The highest BCUT2D eigenvalue weighted by atomic mass is 32.1. The Balaban J connectivity index is 1.40. The minimum atomic E-state index is -0.953. The van der Waals surface area contributed by atoms with Gasteiger partial charge in [-0.05, 0) is 42.5 Å². The van der Waals surface area contributed by atoms with Gasteiger partial charge in [-0.1, -0.05) is 18.2 Å². The first-order valence-corrected chi connectivity index (χ1v) is 12.0. The van der Waals surface area contributed by atoms with Gasteiger partial charge in [-0.3, -0.25) is 4.79 Å². The van der Waals surface area contributed by atoms with Crippen LogP contribution >= 0.6 is 11.3 Å². The fraction of sp³-hybridized carbons (Fsp3) is 0.0370. The number of rotatable bonds is 7. The molecule has 2 N–H and O–H groups in total. The van der Waals surface area contributed by atoms with Gasteiger partial charge in [-0.15, -0.1) is 11.3 Å². The first kappa shape index (κ1) is 24.9. The molecule has 11 heteroatoms. The van der Waals surface area contributed by atoms with Crippen molar-refractivity contribution in [1.29, 1.82) is 0 Å². The molecule has 0 aliphatic rings. The Morgan fingerprint density at radius 3 is 2.45 bits per heavy atom. The summed E-state index contributed by atoms with van der Waals surface area (Å²) in [5.41, 5.74) is 3.57. The number of thiazole rings is 1. The Hall–Kier alpha value is -4.77. The lowest BCUT2D eigenvalue weighted by Gasteiger charge is -2.10. The van der Waals surface area contributed by atoms with Gasteiger partial charge in [-0.2, -0.15) is 0 Å². The summed E-state index contributed by atoms with van der Waals surface area (Å²) >= 11 is 1.35. The maximum absolute atomic E-state index is 14.1. The molecule has 0 fully saturated rings. The summed E-state index contributed by atoms with van der Waals surface area (Å²) < 4.78 is 47.0. The van der Waals surface area contributed by atoms with Crippen LogP contribution in [0.25, 0.3) is 21.8 Å². The Bertz CT molecular complexity index is 1620. The average Bonchev–Trinajstić information content (AvgIpc) is 3.39. The van der Waals surface area contributed by atoms with Gasteiger partial charge in [0, 0.05) is 29.2 Å². The SMILES string of the molecule is COc1ccc(Nc2nccc(-c3scnc3-c3cccc(NC(=O)c4c(F)cccc4F)c3)n2)cc1F. The van der Waals surface area contributed by atoms with E-state index in [1.165, 1.54) is 36.6 Å². The molecule has 0 saturated heterocycles. The molecule has 5 aromatic rings. The molecule has 1 amide bonds. The van der Waals surface area contributed by atoms with E-state index in [4.69, 9.17) is 4.74 Å². The summed E-state index contributed by atoms with van der Waals surface area (Å²) in [4.78, 5) is 26.5.